The van der Waals surface area contributed by atoms with Crippen molar-refractivity contribution in [1.29, 1.82) is 0 Å². The van der Waals surface area contributed by atoms with Crippen LogP contribution in [-0.4, -0.2) is 37.2 Å². The summed E-state index contributed by atoms with van der Waals surface area (Å²) in [5, 5.41) is 0. The first-order valence-corrected chi connectivity index (χ1v) is 32.0. The smallest absolute Gasteiger partial charge is 0.306 e. The Kier molecular flexibility index (Phi) is 61.4. The summed E-state index contributed by atoms with van der Waals surface area (Å²) < 4.78 is 16.9. The minimum atomic E-state index is -0.816. The van der Waals surface area contributed by atoms with Crippen molar-refractivity contribution in [2.45, 2.75) is 271 Å². The monoisotopic (exact) mass is 1090 g/mol. The van der Waals surface area contributed by atoms with Crippen molar-refractivity contribution >= 4 is 17.9 Å². The topological polar surface area (TPSA) is 78.9 Å². The first-order valence-electron chi connectivity index (χ1n) is 32.0. The highest BCUT2D eigenvalue weighted by Crippen LogP contribution is 2.15. The third-order valence-corrected chi connectivity index (χ3v) is 13.0. The van der Waals surface area contributed by atoms with Crippen LogP contribution in [0.15, 0.2) is 158 Å². The van der Waals surface area contributed by atoms with Crippen LogP contribution >= 0.6 is 0 Å². The molecule has 1 unspecified atom stereocenters. The summed E-state index contributed by atoms with van der Waals surface area (Å²) in [6, 6.07) is 0. The molecule has 6 heteroatoms. The molecule has 0 aliphatic carbocycles. The molecular weight excluding hydrogens is 973 g/mol. The van der Waals surface area contributed by atoms with Crippen molar-refractivity contribution < 1.29 is 28.6 Å². The van der Waals surface area contributed by atoms with Gasteiger partial charge in [0.1, 0.15) is 13.2 Å². The molecule has 0 aromatic rings. The van der Waals surface area contributed by atoms with E-state index in [0.717, 1.165) is 148 Å². The maximum absolute atomic E-state index is 12.9. The fourth-order valence-electron chi connectivity index (χ4n) is 8.33. The van der Waals surface area contributed by atoms with Gasteiger partial charge in [0, 0.05) is 19.3 Å². The third-order valence-electron chi connectivity index (χ3n) is 13.0. The highest BCUT2D eigenvalue weighted by Gasteiger charge is 2.19. The predicted molar refractivity (Wildman–Crippen MR) is 343 cm³/mol. The molecule has 0 spiro atoms. The molecule has 0 saturated heterocycles. The van der Waals surface area contributed by atoms with Gasteiger partial charge in [-0.2, -0.15) is 0 Å². The number of esters is 3. The van der Waals surface area contributed by atoms with Crippen LogP contribution in [0.25, 0.3) is 0 Å². The molecule has 0 bridgehead atoms. The predicted octanol–water partition coefficient (Wildman–Crippen LogP) is 22.1. The second-order valence-electron chi connectivity index (χ2n) is 20.5. The van der Waals surface area contributed by atoms with Crippen molar-refractivity contribution in [2.75, 3.05) is 13.2 Å². The maximum atomic E-state index is 12.9. The summed E-state index contributed by atoms with van der Waals surface area (Å²) >= 11 is 0. The van der Waals surface area contributed by atoms with Crippen LogP contribution in [0.4, 0.5) is 0 Å². The van der Waals surface area contributed by atoms with E-state index in [-0.39, 0.29) is 37.5 Å². The molecule has 0 radical (unpaired) electrons. The Bertz CT molecular complexity index is 1780. The number of hydrogen-bond donors (Lipinski definition) is 0. The molecule has 79 heavy (non-hydrogen) atoms. The minimum Gasteiger partial charge on any atom is -0.462 e. The summed E-state index contributed by atoms with van der Waals surface area (Å²) in [4.78, 5) is 38.3. The van der Waals surface area contributed by atoms with Crippen LogP contribution in [0.1, 0.15) is 265 Å². The maximum Gasteiger partial charge on any atom is 0.306 e. The van der Waals surface area contributed by atoms with Gasteiger partial charge in [-0.15, -0.1) is 0 Å². The van der Waals surface area contributed by atoms with Crippen LogP contribution in [0.2, 0.25) is 0 Å². The van der Waals surface area contributed by atoms with Crippen molar-refractivity contribution in [3.8, 4) is 0 Å². The average molecular weight is 1090 g/mol. The van der Waals surface area contributed by atoms with Crippen molar-refractivity contribution in [3.63, 3.8) is 0 Å². The van der Waals surface area contributed by atoms with E-state index in [4.69, 9.17) is 14.2 Å². The second kappa shape index (κ2) is 65.5. The standard InChI is InChI=1S/C73H116O6/c1-4-7-10-13-16-19-22-25-27-29-31-32-33-34-35-36-37-38-39-40-42-43-45-48-51-54-57-60-63-66-72(75)78-69-70(68-77-71(74)65-62-59-56-53-50-47-24-21-18-15-12-9-6-3)79-73(76)67-64-61-58-55-52-49-46-44-41-30-28-26-23-20-17-14-11-8-5-2/h7-12,16-21,25-28,31-32,34-35,41,44,47,49-50,52,70H,4-6,13-15,22-24,29-30,33,36-40,42-43,45-46,48,51,53-69H2,1-3H3/b10-7-,11-8-,12-9-,19-16-,20-17-,21-18-,27-25-,28-26-,32-31-,35-34-,44-41-,50-47-,52-49-. The molecule has 0 aliphatic rings. The molecule has 0 saturated carbocycles. The van der Waals surface area contributed by atoms with Gasteiger partial charge >= 0.3 is 17.9 Å². The molecule has 0 aromatic carbocycles. The summed E-state index contributed by atoms with van der Waals surface area (Å²) in [5.41, 5.74) is 0. The lowest BCUT2D eigenvalue weighted by Crippen LogP contribution is -2.30. The van der Waals surface area contributed by atoms with Crippen LogP contribution < -0.4 is 0 Å². The molecule has 0 aliphatic heterocycles. The SMILES string of the molecule is CC/C=C\C/C=C\C/C=C\C/C=C\C/C=C\CCCCCCCCCCCCCCCC(=O)OCC(COC(=O)CCCCC/C=C\C/C=C\C/C=C\CC)OC(=O)CCCCC/C=C\C/C=C\C/C=C\C/C=C\C/C=C\CC. The van der Waals surface area contributed by atoms with Crippen molar-refractivity contribution in [3.05, 3.63) is 158 Å². The molecule has 444 valence electrons. The summed E-state index contributed by atoms with van der Waals surface area (Å²) in [7, 11) is 0. The molecule has 0 heterocycles. The first kappa shape index (κ1) is 74.0. The summed E-state index contributed by atoms with van der Waals surface area (Å²) in [5.74, 6) is -0.974. The van der Waals surface area contributed by atoms with Gasteiger partial charge < -0.3 is 14.2 Å². The van der Waals surface area contributed by atoms with E-state index in [1.165, 1.54) is 70.6 Å². The summed E-state index contributed by atoms with van der Waals surface area (Å²) in [6.07, 6.45) is 95.4. The zero-order valence-corrected chi connectivity index (χ0v) is 50.8. The Labute approximate surface area is 486 Å². The fourth-order valence-corrected chi connectivity index (χ4v) is 8.33. The van der Waals surface area contributed by atoms with E-state index in [0.29, 0.717) is 19.3 Å². The van der Waals surface area contributed by atoms with Gasteiger partial charge in [0.25, 0.3) is 0 Å². The Morgan fingerprint density at radius 1 is 0.253 bits per heavy atom. The van der Waals surface area contributed by atoms with Gasteiger partial charge in [0.05, 0.1) is 0 Å². The quantitative estimate of drug-likeness (QED) is 0.0261. The van der Waals surface area contributed by atoms with E-state index in [1.54, 1.807) is 0 Å². The lowest BCUT2D eigenvalue weighted by molar-refractivity contribution is -0.167. The van der Waals surface area contributed by atoms with E-state index in [1.807, 2.05) is 0 Å². The number of hydrogen-bond acceptors (Lipinski definition) is 6. The van der Waals surface area contributed by atoms with E-state index in [9.17, 15) is 14.4 Å². The minimum absolute atomic E-state index is 0.107. The van der Waals surface area contributed by atoms with Crippen LogP contribution in [0.5, 0.6) is 0 Å². The highest BCUT2D eigenvalue weighted by molar-refractivity contribution is 5.71. The number of carbonyl (C=O) groups excluding carboxylic acids is 3. The average Bonchev–Trinajstić information content (AvgIpc) is 3.45. The Morgan fingerprint density at radius 2 is 0.456 bits per heavy atom. The van der Waals surface area contributed by atoms with E-state index in [2.05, 4.69) is 179 Å². The van der Waals surface area contributed by atoms with E-state index >= 15 is 0 Å². The van der Waals surface area contributed by atoms with E-state index < -0.39 is 6.10 Å². The van der Waals surface area contributed by atoms with Gasteiger partial charge in [0.15, 0.2) is 6.10 Å². The molecule has 0 N–H and O–H groups in total. The largest absolute Gasteiger partial charge is 0.462 e. The molecule has 0 rings (SSSR count). The number of unbranched alkanes of at least 4 members (excludes halogenated alkanes) is 19. The lowest BCUT2D eigenvalue weighted by atomic mass is 10.0. The number of allylic oxidation sites excluding steroid dienone is 26. The molecular formula is C73H116O6. The molecule has 0 fully saturated rings. The van der Waals surface area contributed by atoms with Crippen molar-refractivity contribution in [1.82, 2.24) is 0 Å². The van der Waals surface area contributed by atoms with Crippen LogP contribution in [0.3, 0.4) is 0 Å². The van der Waals surface area contributed by atoms with Crippen LogP contribution in [-0.2, 0) is 28.6 Å². The van der Waals surface area contributed by atoms with Crippen LogP contribution in [0, 0.1) is 0 Å². The Morgan fingerprint density at radius 3 is 0.722 bits per heavy atom. The second-order valence-corrected chi connectivity index (χ2v) is 20.5. The molecule has 1 atom stereocenters. The number of ether oxygens (including phenoxy) is 3. The zero-order chi connectivity index (χ0) is 57.1. The lowest BCUT2D eigenvalue weighted by Gasteiger charge is -2.18. The zero-order valence-electron chi connectivity index (χ0n) is 50.8. The third kappa shape index (κ3) is 63.7. The Balaban J connectivity index is 4.36. The summed E-state index contributed by atoms with van der Waals surface area (Å²) in [6.45, 7) is 6.24. The molecule has 0 aromatic heterocycles. The van der Waals surface area contributed by atoms with Gasteiger partial charge in [-0.3, -0.25) is 14.4 Å². The number of carbonyl (C=O) groups is 3. The Hall–Kier alpha value is -4.97. The number of rotatable bonds is 56. The van der Waals surface area contributed by atoms with Gasteiger partial charge in [-0.25, -0.2) is 0 Å². The first-order chi connectivity index (χ1) is 39.0. The molecule has 0 amide bonds. The van der Waals surface area contributed by atoms with Gasteiger partial charge in [-0.1, -0.05) is 262 Å². The highest BCUT2D eigenvalue weighted by atomic mass is 16.6. The van der Waals surface area contributed by atoms with Gasteiger partial charge in [0.2, 0.25) is 0 Å². The van der Waals surface area contributed by atoms with Crippen molar-refractivity contribution in [2.24, 2.45) is 0 Å². The molecule has 6 nitrogen and oxygen atoms in total. The fraction of sp³-hybridized carbons (Fsp3) is 0.603. The van der Waals surface area contributed by atoms with Gasteiger partial charge in [-0.05, 0) is 141 Å². The normalized spacial score (nSPS) is 13.2.